The Bertz CT molecular complexity index is 516. The van der Waals surface area contributed by atoms with E-state index < -0.39 is 4.92 Å². The first-order valence-corrected chi connectivity index (χ1v) is 7.67. The van der Waals surface area contributed by atoms with Crippen molar-refractivity contribution in [1.29, 1.82) is 0 Å². The third-order valence-electron chi connectivity index (χ3n) is 4.22. The van der Waals surface area contributed by atoms with Crippen molar-refractivity contribution in [3.8, 4) is 0 Å². The number of nitrogens with one attached hydrogen (secondary N) is 1. The van der Waals surface area contributed by atoms with Crippen LogP contribution in [0.25, 0.3) is 0 Å². The Balaban J connectivity index is 2.00. The molecule has 1 saturated carbocycles. The van der Waals surface area contributed by atoms with Crippen molar-refractivity contribution in [3.05, 3.63) is 39.9 Å². The minimum Gasteiger partial charge on any atom is -0.349 e. The average Bonchev–Trinajstić information content (AvgIpc) is 2.92. The first-order valence-electron chi connectivity index (χ1n) is 7.67. The molecule has 2 rings (SSSR count). The maximum atomic E-state index is 12.3. The first-order chi connectivity index (χ1) is 10.1. The SMILES string of the molecule is CCCCC1CCCC1NC(=O)c1cccc([N+](=O)[O-])c1. The van der Waals surface area contributed by atoms with Gasteiger partial charge in [-0.05, 0) is 31.2 Å². The molecule has 114 valence electrons. The van der Waals surface area contributed by atoms with Gasteiger partial charge in [-0.25, -0.2) is 0 Å². The van der Waals surface area contributed by atoms with Crippen LogP contribution in [-0.4, -0.2) is 16.9 Å². The molecule has 0 aliphatic heterocycles. The van der Waals surface area contributed by atoms with E-state index in [9.17, 15) is 14.9 Å². The van der Waals surface area contributed by atoms with E-state index in [1.807, 2.05) is 0 Å². The number of carbonyl (C=O) groups excluding carboxylic acids is 1. The van der Waals surface area contributed by atoms with Gasteiger partial charge in [-0.2, -0.15) is 0 Å². The molecule has 1 aliphatic rings. The smallest absolute Gasteiger partial charge is 0.270 e. The minimum absolute atomic E-state index is 0.0448. The molecule has 1 N–H and O–H groups in total. The van der Waals surface area contributed by atoms with E-state index in [0.29, 0.717) is 11.5 Å². The van der Waals surface area contributed by atoms with Crippen molar-refractivity contribution in [2.24, 2.45) is 5.92 Å². The van der Waals surface area contributed by atoms with Gasteiger partial charge in [0.25, 0.3) is 11.6 Å². The number of hydrogen-bond donors (Lipinski definition) is 1. The lowest BCUT2D eigenvalue weighted by Crippen LogP contribution is -2.37. The molecule has 5 heteroatoms. The van der Waals surface area contributed by atoms with Crippen molar-refractivity contribution in [2.45, 2.75) is 51.5 Å². The first kappa shape index (κ1) is 15.5. The molecular weight excluding hydrogens is 268 g/mol. The van der Waals surface area contributed by atoms with Crippen LogP contribution < -0.4 is 5.32 Å². The van der Waals surface area contributed by atoms with Crippen molar-refractivity contribution in [3.63, 3.8) is 0 Å². The molecule has 0 spiro atoms. The maximum absolute atomic E-state index is 12.3. The molecule has 0 heterocycles. The van der Waals surface area contributed by atoms with E-state index in [1.165, 1.54) is 31.4 Å². The van der Waals surface area contributed by atoms with Gasteiger partial charge in [0, 0.05) is 23.7 Å². The quantitative estimate of drug-likeness (QED) is 0.641. The highest BCUT2D eigenvalue weighted by Gasteiger charge is 2.28. The van der Waals surface area contributed by atoms with Gasteiger partial charge in [-0.3, -0.25) is 14.9 Å². The van der Waals surface area contributed by atoms with Crippen LogP contribution in [-0.2, 0) is 0 Å². The van der Waals surface area contributed by atoms with Gasteiger partial charge in [0.1, 0.15) is 0 Å². The third-order valence-corrected chi connectivity index (χ3v) is 4.22. The van der Waals surface area contributed by atoms with Crippen molar-refractivity contribution in [2.75, 3.05) is 0 Å². The molecule has 0 bridgehead atoms. The monoisotopic (exact) mass is 290 g/mol. The van der Waals surface area contributed by atoms with Crippen LogP contribution in [0.5, 0.6) is 0 Å². The van der Waals surface area contributed by atoms with Crippen LogP contribution in [0.2, 0.25) is 0 Å². The molecular formula is C16H22N2O3. The molecule has 0 aromatic heterocycles. The summed E-state index contributed by atoms with van der Waals surface area (Å²) in [6, 6.07) is 6.12. The fourth-order valence-corrected chi connectivity index (χ4v) is 3.05. The molecule has 1 aromatic carbocycles. The number of hydrogen-bond acceptors (Lipinski definition) is 3. The molecule has 1 aliphatic carbocycles. The summed E-state index contributed by atoms with van der Waals surface area (Å²) in [5.74, 6) is 0.347. The van der Waals surface area contributed by atoms with Crippen LogP contribution in [0.3, 0.4) is 0 Å². The Kier molecular flexibility index (Phi) is 5.31. The van der Waals surface area contributed by atoms with Crippen molar-refractivity contribution >= 4 is 11.6 Å². The summed E-state index contributed by atoms with van der Waals surface area (Å²) in [5, 5.41) is 13.8. The van der Waals surface area contributed by atoms with E-state index in [0.717, 1.165) is 19.3 Å². The normalized spacial score (nSPS) is 21.2. The number of unbranched alkanes of at least 4 members (excludes halogenated alkanes) is 1. The Morgan fingerprint density at radius 3 is 2.95 bits per heavy atom. The highest BCUT2D eigenvalue weighted by molar-refractivity contribution is 5.95. The second-order valence-corrected chi connectivity index (χ2v) is 5.72. The second-order valence-electron chi connectivity index (χ2n) is 5.72. The zero-order valence-electron chi connectivity index (χ0n) is 12.4. The van der Waals surface area contributed by atoms with Crippen LogP contribution in [0.15, 0.2) is 24.3 Å². The number of nitrogens with zero attached hydrogens (tertiary/aromatic N) is 1. The molecule has 5 nitrogen and oxygen atoms in total. The van der Waals surface area contributed by atoms with Crippen molar-refractivity contribution in [1.82, 2.24) is 5.32 Å². The standard InChI is InChI=1S/C16H22N2O3/c1-2-3-6-12-7-5-10-15(12)17-16(19)13-8-4-9-14(11-13)18(20)21/h4,8-9,11-12,15H,2-3,5-7,10H2,1H3,(H,17,19). The Labute approximate surface area is 124 Å². The maximum Gasteiger partial charge on any atom is 0.270 e. The van der Waals surface area contributed by atoms with Gasteiger partial charge in [-0.15, -0.1) is 0 Å². The Hall–Kier alpha value is -1.91. The molecule has 1 fully saturated rings. The number of rotatable bonds is 6. The van der Waals surface area contributed by atoms with Crippen molar-refractivity contribution < 1.29 is 9.72 Å². The summed E-state index contributed by atoms with van der Waals surface area (Å²) in [7, 11) is 0. The van der Waals surface area contributed by atoms with E-state index in [4.69, 9.17) is 0 Å². The number of carbonyl (C=O) groups is 1. The van der Waals surface area contributed by atoms with Crippen LogP contribution >= 0.6 is 0 Å². The zero-order valence-corrected chi connectivity index (χ0v) is 12.4. The third kappa shape index (κ3) is 4.03. The molecule has 0 saturated heterocycles. The molecule has 21 heavy (non-hydrogen) atoms. The van der Waals surface area contributed by atoms with E-state index in [1.54, 1.807) is 12.1 Å². The lowest BCUT2D eigenvalue weighted by Gasteiger charge is -2.20. The molecule has 2 atom stereocenters. The largest absolute Gasteiger partial charge is 0.349 e. The summed E-state index contributed by atoms with van der Waals surface area (Å²) in [5.41, 5.74) is 0.321. The Morgan fingerprint density at radius 2 is 2.24 bits per heavy atom. The zero-order chi connectivity index (χ0) is 15.2. The van der Waals surface area contributed by atoms with E-state index >= 15 is 0 Å². The molecule has 1 aromatic rings. The average molecular weight is 290 g/mol. The number of benzene rings is 1. The number of nitro groups is 1. The fourth-order valence-electron chi connectivity index (χ4n) is 3.05. The number of non-ortho nitro benzene ring substituents is 1. The van der Waals surface area contributed by atoms with Gasteiger partial charge in [0.2, 0.25) is 0 Å². The predicted octanol–water partition coefficient (Wildman–Crippen LogP) is 3.68. The summed E-state index contributed by atoms with van der Waals surface area (Å²) < 4.78 is 0. The fraction of sp³-hybridized carbons (Fsp3) is 0.562. The molecule has 2 unspecified atom stereocenters. The van der Waals surface area contributed by atoms with Gasteiger partial charge in [0.05, 0.1) is 4.92 Å². The summed E-state index contributed by atoms with van der Waals surface area (Å²) in [6.07, 6.45) is 6.83. The van der Waals surface area contributed by atoms with E-state index in [-0.39, 0.29) is 17.6 Å². The van der Waals surface area contributed by atoms with E-state index in [2.05, 4.69) is 12.2 Å². The Morgan fingerprint density at radius 1 is 1.43 bits per heavy atom. The molecule has 0 radical (unpaired) electrons. The number of amides is 1. The van der Waals surface area contributed by atoms with Gasteiger partial charge < -0.3 is 5.32 Å². The summed E-state index contributed by atoms with van der Waals surface area (Å²) in [6.45, 7) is 2.17. The summed E-state index contributed by atoms with van der Waals surface area (Å²) >= 11 is 0. The molecule has 1 amide bonds. The highest BCUT2D eigenvalue weighted by Crippen LogP contribution is 2.30. The lowest BCUT2D eigenvalue weighted by atomic mass is 9.96. The van der Waals surface area contributed by atoms with Gasteiger partial charge in [0.15, 0.2) is 0 Å². The number of nitro benzene ring substituents is 1. The van der Waals surface area contributed by atoms with Crippen LogP contribution in [0.4, 0.5) is 5.69 Å². The summed E-state index contributed by atoms with van der Waals surface area (Å²) in [4.78, 5) is 22.5. The predicted molar refractivity (Wildman–Crippen MR) is 81.2 cm³/mol. The minimum atomic E-state index is -0.476. The lowest BCUT2D eigenvalue weighted by molar-refractivity contribution is -0.384. The highest BCUT2D eigenvalue weighted by atomic mass is 16.6. The topological polar surface area (TPSA) is 72.2 Å². The van der Waals surface area contributed by atoms with Crippen LogP contribution in [0.1, 0.15) is 55.8 Å². The van der Waals surface area contributed by atoms with Gasteiger partial charge >= 0.3 is 0 Å². The van der Waals surface area contributed by atoms with Gasteiger partial charge in [-0.1, -0.05) is 32.3 Å². The van der Waals surface area contributed by atoms with Crippen LogP contribution in [0, 0.1) is 16.0 Å². The second kappa shape index (κ2) is 7.20.